The highest BCUT2D eigenvalue weighted by Gasteiger charge is 2.23. The van der Waals surface area contributed by atoms with Gasteiger partial charge in [0, 0.05) is 24.6 Å². The van der Waals surface area contributed by atoms with Crippen LogP contribution in [0.2, 0.25) is 0 Å². The van der Waals surface area contributed by atoms with E-state index >= 15 is 0 Å². The first-order valence-electron chi connectivity index (χ1n) is 7.91. The highest BCUT2D eigenvalue weighted by Crippen LogP contribution is 2.34. The molecule has 0 N–H and O–H groups in total. The standard InChI is InChI=1S/C16H20N4OS/c1-11-4-5-17-19-15(11)12-2-3-13-14(10-12)21-16(18-13)20-6-8-22-9-7-20/h2-3,10-11,15H,4-9H2,1H3. The molecule has 0 spiro atoms. The number of fused-ring (bicyclic) bond motifs is 1. The van der Waals surface area contributed by atoms with Crippen molar-refractivity contribution in [3.63, 3.8) is 0 Å². The van der Waals surface area contributed by atoms with Crippen LogP contribution in [0.3, 0.4) is 0 Å². The van der Waals surface area contributed by atoms with E-state index < -0.39 is 0 Å². The van der Waals surface area contributed by atoms with E-state index in [1.54, 1.807) is 0 Å². The van der Waals surface area contributed by atoms with E-state index in [1.165, 1.54) is 5.56 Å². The van der Waals surface area contributed by atoms with Gasteiger partial charge in [0.25, 0.3) is 6.01 Å². The summed E-state index contributed by atoms with van der Waals surface area (Å²) in [6.45, 7) is 5.11. The maximum atomic E-state index is 6.01. The van der Waals surface area contributed by atoms with Gasteiger partial charge in [-0.25, -0.2) is 0 Å². The van der Waals surface area contributed by atoms with Gasteiger partial charge in [0.15, 0.2) is 5.58 Å². The molecule has 2 aliphatic rings. The van der Waals surface area contributed by atoms with Crippen molar-refractivity contribution in [2.75, 3.05) is 36.0 Å². The Hall–Kier alpha value is -1.56. The average Bonchev–Trinajstić information content (AvgIpc) is 2.99. The van der Waals surface area contributed by atoms with E-state index in [9.17, 15) is 0 Å². The molecule has 0 radical (unpaired) electrons. The lowest BCUT2D eigenvalue weighted by Crippen LogP contribution is -2.32. The second-order valence-electron chi connectivity index (χ2n) is 6.01. The summed E-state index contributed by atoms with van der Waals surface area (Å²) in [4.78, 5) is 6.87. The summed E-state index contributed by atoms with van der Waals surface area (Å²) in [5, 5.41) is 8.65. The predicted octanol–water partition coefficient (Wildman–Crippen LogP) is 3.91. The Morgan fingerprint density at radius 2 is 2.14 bits per heavy atom. The van der Waals surface area contributed by atoms with E-state index in [0.29, 0.717) is 5.92 Å². The summed E-state index contributed by atoms with van der Waals surface area (Å²) in [7, 11) is 0. The molecule has 1 aromatic heterocycles. The molecule has 2 aliphatic heterocycles. The summed E-state index contributed by atoms with van der Waals surface area (Å²) >= 11 is 1.99. The number of aromatic nitrogens is 1. The Morgan fingerprint density at radius 3 is 2.95 bits per heavy atom. The van der Waals surface area contributed by atoms with Crippen LogP contribution in [-0.2, 0) is 0 Å². The van der Waals surface area contributed by atoms with E-state index in [0.717, 1.165) is 54.7 Å². The van der Waals surface area contributed by atoms with Crippen molar-refractivity contribution >= 4 is 28.9 Å². The number of rotatable bonds is 2. The first-order chi connectivity index (χ1) is 10.8. The molecule has 0 saturated carbocycles. The van der Waals surface area contributed by atoms with Gasteiger partial charge >= 0.3 is 0 Å². The maximum absolute atomic E-state index is 6.01. The van der Waals surface area contributed by atoms with Gasteiger partial charge < -0.3 is 9.32 Å². The summed E-state index contributed by atoms with van der Waals surface area (Å²) in [6, 6.07) is 7.17. The third-order valence-corrected chi connectivity index (χ3v) is 5.40. The Balaban J connectivity index is 1.65. The lowest BCUT2D eigenvalue weighted by atomic mass is 9.91. The van der Waals surface area contributed by atoms with Gasteiger partial charge in [-0.3, -0.25) is 0 Å². The lowest BCUT2D eigenvalue weighted by Gasteiger charge is -2.24. The molecule has 2 atom stereocenters. The number of hydrogen-bond acceptors (Lipinski definition) is 6. The SMILES string of the molecule is CC1CCN=NC1c1ccc2nc(N3CCSCC3)oc2c1. The first kappa shape index (κ1) is 14.1. The molecule has 0 amide bonds. The molecule has 2 unspecified atom stereocenters. The number of thioether (sulfide) groups is 1. The van der Waals surface area contributed by atoms with Crippen LogP contribution in [0.15, 0.2) is 32.8 Å². The minimum absolute atomic E-state index is 0.151. The Kier molecular flexibility index (Phi) is 3.78. The average molecular weight is 316 g/mol. The van der Waals surface area contributed by atoms with Gasteiger partial charge in [0.1, 0.15) is 5.52 Å². The summed E-state index contributed by atoms with van der Waals surface area (Å²) < 4.78 is 6.01. The van der Waals surface area contributed by atoms with Crippen molar-refractivity contribution in [3.8, 4) is 0 Å². The molecule has 1 saturated heterocycles. The zero-order valence-corrected chi connectivity index (χ0v) is 13.6. The Morgan fingerprint density at radius 1 is 1.27 bits per heavy atom. The fraction of sp³-hybridized carbons (Fsp3) is 0.562. The molecule has 22 heavy (non-hydrogen) atoms. The fourth-order valence-corrected chi connectivity index (χ4v) is 3.98. The Bertz CT molecular complexity index is 693. The molecule has 5 nitrogen and oxygen atoms in total. The van der Waals surface area contributed by atoms with Crippen LogP contribution in [0.5, 0.6) is 0 Å². The van der Waals surface area contributed by atoms with Crippen LogP contribution in [0.1, 0.15) is 24.9 Å². The highest BCUT2D eigenvalue weighted by molar-refractivity contribution is 7.99. The molecule has 0 bridgehead atoms. The maximum Gasteiger partial charge on any atom is 0.298 e. The topological polar surface area (TPSA) is 54.0 Å². The quantitative estimate of drug-likeness (QED) is 0.843. The van der Waals surface area contributed by atoms with Crippen LogP contribution < -0.4 is 4.90 Å². The van der Waals surface area contributed by atoms with Crippen molar-refractivity contribution in [2.24, 2.45) is 16.1 Å². The normalized spacial score (nSPS) is 25.8. The zero-order valence-electron chi connectivity index (χ0n) is 12.7. The van der Waals surface area contributed by atoms with Gasteiger partial charge in [-0.05, 0) is 30.0 Å². The summed E-state index contributed by atoms with van der Waals surface area (Å²) in [5.74, 6) is 2.81. The van der Waals surface area contributed by atoms with Crippen LogP contribution in [0, 0.1) is 5.92 Å². The molecule has 0 aliphatic carbocycles. The van der Waals surface area contributed by atoms with Gasteiger partial charge in [-0.15, -0.1) is 0 Å². The summed E-state index contributed by atoms with van der Waals surface area (Å²) in [5.41, 5.74) is 2.97. The van der Waals surface area contributed by atoms with E-state index in [2.05, 4.69) is 39.2 Å². The lowest BCUT2D eigenvalue weighted by molar-refractivity contribution is 0.390. The minimum Gasteiger partial charge on any atom is -0.423 e. The van der Waals surface area contributed by atoms with Crippen molar-refractivity contribution in [3.05, 3.63) is 23.8 Å². The number of nitrogens with zero attached hydrogens (tertiary/aromatic N) is 4. The number of anilines is 1. The van der Waals surface area contributed by atoms with Crippen LogP contribution in [0.4, 0.5) is 6.01 Å². The van der Waals surface area contributed by atoms with Crippen molar-refractivity contribution < 1.29 is 4.42 Å². The highest BCUT2D eigenvalue weighted by atomic mass is 32.2. The molecular formula is C16H20N4OS. The van der Waals surface area contributed by atoms with Gasteiger partial charge in [-0.2, -0.15) is 27.0 Å². The smallest absolute Gasteiger partial charge is 0.298 e. The van der Waals surface area contributed by atoms with Crippen molar-refractivity contribution in [2.45, 2.75) is 19.4 Å². The third-order valence-electron chi connectivity index (χ3n) is 4.45. The number of benzene rings is 1. The molecule has 3 heterocycles. The molecule has 116 valence electrons. The number of hydrogen-bond donors (Lipinski definition) is 0. The molecular weight excluding hydrogens is 296 g/mol. The fourth-order valence-electron chi connectivity index (χ4n) is 3.08. The molecule has 2 aromatic rings. The second kappa shape index (κ2) is 5.91. The largest absolute Gasteiger partial charge is 0.423 e. The van der Waals surface area contributed by atoms with Gasteiger partial charge in [-0.1, -0.05) is 13.0 Å². The Labute approximate surface area is 134 Å². The zero-order chi connectivity index (χ0) is 14.9. The van der Waals surface area contributed by atoms with Crippen molar-refractivity contribution in [1.82, 2.24) is 4.98 Å². The number of azo groups is 1. The number of oxazole rings is 1. The molecule has 4 rings (SSSR count). The summed E-state index contributed by atoms with van der Waals surface area (Å²) in [6.07, 6.45) is 1.10. The van der Waals surface area contributed by atoms with Crippen LogP contribution >= 0.6 is 11.8 Å². The van der Waals surface area contributed by atoms with Gasteiger partial charge in [0.05, 0.1) is 12.6 Å². The molecule has 1 fully saturated rings. The minimum atomic E-state index is 0.151. The van der Waals surface area contributed by atoms with E-state index in [1.807, 2.05) is 17.8 Å². The second-order valence-corrected chi connectivity index (χ2v) is 7.24. The van der Waals surface area contributed by atoms with E-state index in [-0.39, 0.29) is 6.04 Å². The van der Waals surface area contributed by atoms with Gasteiger partial charge in [0.2, 0.25) is 0 Å². The molecule has 6 heteroatoms. The van der Waals surface area contributed by atoms with Crippen molar-refractivity contribution in [1.29, 1.82) is 0 Å². The van der Waals surface area contributed by atoms with E-state index in [4.69, 9.17) is 4.42 Å². The van der Waals surface area contributed by atoms with Crippen LogP contribution in [-0.4, -0.2) is 36.1 Å². The monoisotopic (exact) mass is 316 g/mol. The first-order valence-corrected chi connectivity index (χ1v) is 9.06. The molecule has 1 aromatic carbocycles. The third kappa shape index (κ3) is 2.60. The predicted molar refractivity (Wildman–Crippen MR) is 89.8 cm³/mol. The van der Waals surface area contributed by atoms with Crippen LogP contribution in [0.25, 0.3) is 11.1 Å².